The molecule has 10 heteroatoms. The Morgan fingerprint density at radius 1 is 1.33 bits per heavy atom. The third-order valence-corrected chi connectivity index (χ3v) is 7.22. The van der Waals surface area contributed by atoms with Crippen molar-refractivity contribution in [1.82, 2.24) is 4.72 Å². The van der Waals surface area contributed by atoms with Crippen LogP contribution in [0.3, 0.4) is 0 Å². The second kappa shape index (κ2) is 6.34. The van der Waals surface area contributed by atoms with Crippen LogP contribution < -0.4 is 14.8 Å². The lowest BCUT2D eigenvalue weighted by Crippen LogP contribution is -2.46. The van der Waals surface area contributed by atoms with Gasteiger partial charge in [0.2, 0.25) is 15.9 Å². The van der Waals surface area contributed by atoms with E-state index in [0.29, 0.717) is 5.69 Å². The maximum absolute atomic E-state index is 12.6. The number of hydrogen-bond donors (Lipinski definition) is 2. The predicted octanol–water partition coefficient (Wildman–Crippen LogP) is 0.509. The zero-order valence-corrected chi connectivity index (χ0v) is 15.3. The lowest BCUT2D eigenvalue weighted by atomic mass is 10.0. The van der Waals surface area contributed by atoms with E-state index in [0.717, 1.165) is 0 Å². The molecule has 1 aromatic carbocycles. The molecule has 1 atom stereocenters. The smallest absolute Gasteiger partial charge is 0.241 e. The molecule has 1 fully saturated rings. The number of methoxy groups -OCH3 is 1. The fourth-order valence-electron chi connectivity index (χ4n) is 2.61. The van der Waals surface area contributed by atoms with Gasteiger partial charge in [0, 0.05) is 18.5 Å². The number of anilines is 1. The van der Waals surface area contributed by atoms with Crippen molar-refractivity contribution < 1.29 is 26.4 Å². The maximum atomic E-state index is 12.6. The van der Waals surface area contributed by atoms with Gasteiger partial charge in [-0.05, 0) is 25.5 Å². The predicted molar refractivity (Wildman–Crippen MR) is 89.3 cm³/mol. The Kier molecular flexibility index (Phi) is 4.93. The first kappa shape index (κ1) is 18.7. The minimum Gasteiger partial charge on any atom is -0.495 e. The molecule has 1 aliphatic rings. The largest absolute Gasteiger partial charge is 0.495 e. The lowest BCUT2D eigenvalue weighted by Gasteiger charge is -2.23. The number of carbonyl (C=O) groups is 1. The van der Waals surface area contributed by atoms with Crippen molar-refractivity contribution in [3.63, 3.8) is 0 Å². The molecule has 1 amide bonds. The number of sulfone groups is 1. The topological polar surface area (TPSA) is 119 Å². The van der Waals surface area contributed by atoms with Gasteiger partial charge in [-0.1, -0.05) is 0 Å². The molecule has 0 radical (unpaired) electrons. The number of nitrogens with one attached hydrogen (secondary N) is 2. The molecule has 0 unspecified atom stereocenters. The molecular formula is C14H20N2O6S2. The number of sulfonamides is 1. The van der Waals surface area contributed by atoms with Crippen LogP contribution in [0.25, 0.3) is 0 Å². The lowest BCUT2D eigenvalue weighted by molar-refractivity contribution is -0.114. The Balaban J connectivity index is 2.31. The number of benzene rings is 1. The summed E-state index contributed by atoms with van der Waals surface area (Å²) in [6, 6.07) is 4.02. The molecule has 2 rings (SSSR count). The number of amides is 1. The van der Waals surface area contributed by atoms with E-state index in [2.05, 4.69) is 10.0 Å². The molecule has 2 N–H and O–H groups in total. The molecule has 0 bridgehead atoms. The Morgan fingerprint density at radius 2 is 2.00 bits per heavy atom. The third-order valence-electron chi connectivity index (χ3n) is 3.68. The van der Waals surface area contributed by atoms with Gasteiger partial charge in [0.1, 0.15) is 5.75 Å². The molecule has 0 aliphatic carbocycles. The van der Waals surface area contributed by atoms with E-state index in [9.17, 15) is 21.6 Å². The molecule has 0 saturated carbocycles. The summed E-state index contributed by atoms with van der Waals surface area (Å²) in [7, 11) is -5.82. The summed E-state index contributed by atoms with van der Waals surface area (Å²) in [6.45, 7) is 2.89. The average molecular weight is 376 g/mol. The summed E-state index contributed by atoms with van der Waals surface area (Å²) in [6.07, 6.45) is 0.218. The summed E-state index contributed by atoms with van der Waals surface area (Å²) in [4.78, 5) is 11.1. The van der Waals surface area contributed by atoms with E-state index in [1.54, 1.807) is 6.92 Å². The van der Waals surface area contributed by atoms with Crippen molar-refractivity contribution in [2.45, 2.75) is 30.7 Å². The molecule has 134 valence electrons. The van der Waals surface area contributed by atoms with Crippen LogP contribution in [0.4, 0.5) is 5.69 Å². The summed E-state index contributed by atoms with van der Waals surface area (Å²) >= 11 is 0. The van der Waals surface area contributed by atoms with Gasteiger partial charge in [-0.2, -0.15) is 0 Å². The van der Waals surface area contributed by atoms with Gasteiger partial charge in [-0.25, -0.2) is 21.6 Å². The SMILES string of the molecule is COc1cc(S(=O)(=O)N[C@@]2(C)CCS(=O)(=O)C2)ccc1NC(C)=O. The first-order valence-corrected chi connectivity index (χ1v) is 10.5. The standard InChI is InChI=1S/C14H20N2O6S2/c1-10(17)15-12-5-4-11(8-13(12)22-3)24(20,21)16-14(2)6-7-23(18,19)9-14/h4-5,8,16H,6-7,9H2,1-3H3,(H,15,17)/t14-/m0/s1. The van der Waals surface area contributed by atoms with E-state index < -0.39 is 25.4 Å². The highest BCUT2D eigenvalue weighted by molar-refractivity contribution is 7.92. The molecule has 24 heavy (non-hydrogen) atoms. The van der Waals surface area contributed by atoms with E-state index >= 15 is 0 Å². The molecule has 1 saturated heterocycles. The van der Waals surface area contributed by atoms with Crippen molar-refractivity contribution in [2.24, 2.45) is 0 Å². The zero-order chi connectivity index (χ0) is 18.2. The minimum absolute atomic E-state index is 0.0448. The van der Waals surface area contributed by atoms with Crippen molar-refractivity contribution in [3.8, 4) is 5.75 Å². The van der Waals surface area contributed by atoms with Gasteiger partial charge < -0.3 is 10.1 Å². The second-order valence-electron chi connectivity index (χ2n) is 6.05. The van der Waals surface area contributed by atoms with Gasteiger partial charge in [-0.15, -0.1) is 0 Å². The highest BCUT2D eigenvalue weighted by Gasteiger charge is 2.41. The quantitative estimate of drug-likeness (QED) is 0.773. The molecule has 1 heterocycles. The number of carbonyl (C=O) groups excluding carboxylic acids is 1. The van der Waals surface area contributed by atoms with Gasteiger partial charge in [-0.3, -0.25) is 4.79 Å². The van der Waals surface area contributed by atoms with Crippen LogP contribution >= 0.6 is 0 Å². The summed E-state index contributed by atoms with van der Waals surface area (Å²) in [5.74, 6) is -0.403. The van der Waals surface area contributed by atoms with Crippen molar-refractivity contribution in [2.75, 3.05) is 23.9 Å². The van der Waals surface area contributed by atoms with E-state index in [1.165, 1.54) is 32.2 Å². The fraction of sp³-hybridized carbons (Fsp3) is 0.500. The van der Waals surface area contributed by atoms with Crippen molar-refractivity contribution in [1.29, 1.82) is 0 Å². The molecule has 8 nitrogen and oxygen atoms in total. The van der Waals surface area contributed by atoms with Crippen LogP contribution in [-0.4, -0.2) is 46.9 Å². The normalized spacial score (nSPS) is 23.0. The van der Waals surface area contributed by atoms with E-state index in [-0.39, 0.29) is 34.5 Å². The molecule has 0 aromatic heterocycles. The Hall–Kier alpha value is -1.65. The van der Waals surface area contributed by atoms with Gasteiger partial charge in [0.25, 0.3) is 0 Å². The Labute approximate surface area is 141 Å². The van der Waals surface area contributed by atoms with Crippen molar-refractivity contribution in [3.05, 3.63) is 18.2 Å². The average Bonchev–Trinajstić information content (AvgIpc) is 2.71. The van der Waals surface area contributed by atoms with E-state index in [4.69, 9.17) is 4.74 Å². The van der Waals surface area contributed by atoms with Gasteiger partial charge >= 0.3 is 0 Å². The van der Waals surface area contributed by atoms with Crippen LogP contribution in [0, 0.1) is 0 Å². The Morgan fingerprint density at radius 3 is 2.50 bits per heavy atom. The van der Waals surface area contributed by atoms with E-state index in [1.807, 2.05) is 0 Å². The summed E-state index contributed by atoms with van der Waals surface area (Å²) < 4.78 is 55.9. The van der Waals surface area contributed by atoms with Crippen LogP contribution in [-0.2, 0) is 24.7 Å². The summed E-state index contributed by atoms with van der Waals surface area (Å²) in [5, 5.41) is 2.54. The van der Waals surface area contributed by atoms with Crippen LogP contribution in [0.15, 0.2) is 23.1 Å². The zero-order valence-electron chi connectivity index (χ0n) is 13.6. The first-order chi connectivity index (χ1) is 11.0. The minimum atomic E-state index is -3.94. The van der Waals surface area contributed by atoms with Gasteiger partial charge in [0.05, 0.1) is 29.2 Å². The highest BCUT2D eigenvalue weighted by atomic mass is 32.2. The second-order valence-corrected chi connectivity index (χ2v) is 9.92. The van der Waals surface area contributed by atoms with Crippen LogP contribution in [0.1, 0.15) is 20.3 Å². The highest BCUT2D eigenvalue weighted by Crippen LogP contribution is 2.30. The van der Waals surface area contributed by atoms with Crippen molar-refractivity contribution >= 4 is 31.5 Å². The monoisotopic (exact) mass is 376 g/mol. The Bertz CT molecular complexity index is 863. The molecule has 0 spiro atoms. The fourth-order valence-corrected chi connectivity index (χ4v) is 6.24. The molecular weight excluding hydrogens is 356 g/mol. The first-order valence-electron chi connectivity index (χ1n) is 7.16. The number of ether oxygens (including phenoxy) is 1. The molecule has 1 aliphatic heterocycles. The maximum Gasteiger partial charge on any atom is 0.241 e. The molecule has 1 aromatic rings. The number of rotatable bonds is 5. The van der Waals surface area contributed by atoms with Crippen LogP contribution in [0.5, 0.6) is 5.75 Å². The van der Waals surface area contributed by atoms with Crippen LogP contribution in [0.2, 0.25) is 0 Å². The van der Waals surface area contributed by atoms with Gasteiger partial charge in [0.15, 0.2) is 9.84 Å². The number of hydrogen-bond acceptors (Lipinski definition) is 6. The summed E-state index contributed by atoms with van der Waals surface area (Å²) in [5.41, 5.74) is -0.695. The third kappa shape index (κ3) is 4.25.